The van der Waals surface area contributed by atoms with Crippen molar-refractivity contribution in [3.63, 3.8) is 0 Å². The molecule has 1 aliphatic heterocycles. The van der Waals surface area contributed by atoms with E-state index in [0.29, 0.717) is 19.0 Å². The van der Waals surface area contributed by atoms with Gasteiger partial charge in [0, 0.05) is 18.0 Å². The molecule has 0 aliphatic carbocycles. The second-order valence-corrected chi connectivity index (χ2v) is 6.11. The first kappa shape index (κ1) is 14.5. The second kappa shape index (κ2) is 7.62. The number of carbonyl (C=O) groups is 1. The molecule has 0 spiro atoms. The molecule has 1 fully saturated rings. The van der Waals surface area contributed by atoms with Gasteiger partial charge >= 0.3 is 0 Å². The Balaban J connectivity index is 1.59. The van der Waals surface area contributed by atoms with Crippen LogP contribution in [0.25, 0.3) is 0 Å². The Morgan fingerprint density at radius 2 is 2.26 bits per heavy atom. The Hall–Kier alpha value is -0.910. The third-order valence-electron chi connectivity index (χ3n) is 3.61. The largest absolute Gasteiger partial charge is 0.396 e. The number of nitrogens with one attached hydrogen (secondary N) is 1. The van der Waals surface area contributed by atoms with E-state index < -0.39 is 0 Å². The van der Waals surface area contributed by atoms with Crippen molar-refractivity contribution in [3.05, 3.63) is 22.4 Å². The molecule has 1 aliphatic rings. The van der Waals surface area contributed by atoms with E-state index in [0.717, 1.165) is 32.4 Å². The van der Waals surface area contributed by atoms with Gasteiger partial charge in [-0.05, 0) is 49.7 Å². The minimum atomic E-state index is 0.110. The first-order valence-corrected chi connectivity index (χ1v) is 7.78. The maximum Gasteiger partial charge on any atom is 0.234 e. The summed E-state index contributed by atoms with van der Waals surface area (Å²) in [5.41, 5.74) is 0. The van der Waals surface area contributed by atoms with Gasteiger partial charge in [0.05, 0.1) is 6.54 Å². The van der Waals surface area contributed by atoms with Crippen LogP contribution in [0.4, 0.5) is 0 Å². The molecule has 19 heavy (non-hydrogen) atoms. The smallest absolute Gasteiger partial charge is 0.234 e. The lowest BCUT2D eigenvalue weighted by Gasteiger charge is -2.30. The number of aliphatic hydroxyl groups excluding tert-OH is 1. The van der Waals surface area contributed by atoms with Crippen LogP contribution in [0.1, 0.15) is 17.7 Å². The number of hydrogen-bond donors (Lipinski definition) is 2. The standard InChI is InChI=1S/C14H22N2O2S/c17-11-12-4-7-16(8-5-12)10-14(18)15-6-3-13-2-1-9-19-13/h1-2,9,12,17H,3-8,10-11H2,(H,15,18). The Morgan fingerprint density at radius 3 is 2.89 bits per heavy atom. The molecule has 0 aromatic carbocycles. The minimum absolute atomic E-state index is 0.110. The Labute approximate surface area is 118 Å². The number of likely N-dealkylation sites (tertiary alicyclic amines) is 1. The molecule has 2 N–H and O–H groups in total. The zero-order valence-corrected chi connectivity index (χ0v) is 12.0. The topological polar surface area (TPSA) is 52.6 Å². The number of hydrogen-bond acceptors (Lipinski definition) is 4. The number of nitrogens with zero attached hydrogens (tertiary/aromatic N) is 1. The van der Waals surface area contributed by atoms with E-state index in [1.165, 1.54) is 4.88 Å². The highest BCUT2D eigenvalue weighted by Crippen LogP contribution is 2.15. The first-order chi connectivity index (χ1) is 9.28. The summed E-state index contributed by atoms with van der Waals surface area (Å²) in [4.78, 5) is 15.3. The predicted octanol–water partition coefficient (Wildman–Crippen LogP) is 1.11. The van der Waals surface area contributed by atoms with Gasteiger partial charge in [-0.25, -0.2) is 0 Å². The maximum absolute atomic E-state index is 11.8. The zero-order valence-electron chi connectivity index (χ0n) is 11.2. The van der Waals surface area contributed by atoms with E-state index in [-0.39, 0.29) is 12.5 Å². The molecule has 1 saturated heterocycles. The average molecular weight is 282 g/mol. The Bertz CT molecular complexity index is 373. The number of thiophene rings is 1. The molecule has 0 unspecified atom stereocenters. The van der Waals surface area contributed by atoms with Crippen LogP contribution in [0.2, 0.25) is 0 Å². The lowest BCUT2D eigenvalue weighted by molar-refractivity contribution is -0.122. The van der Waals surface area contributed by atoms with E-state index >= 15 is 0 Å². The van der Waals surface area contributed by atoms with E-state index in [1.807, 2.05) is 6.07 Å². The van der Waals surface area contributed by atoms with Crippen molar-refractivity contribution in [1.82, 2.24) is 10.2 Å². The zero-order chi connectivity index (χ0) is 13.5. The highest BCUT2D eigenvalue weighted by atomic mass is 32.1. The third-order valence-corrected chi connectivity index (χ3v) is 4.54. The van der Waals surface area contributed by atoms with Gasteiger partial charge in [0.2, 0.25) is 5.91 Å². The van der Waals surface area contributed by atoms with Crippen molar-refractivity contribution >= 4 is 17.2 Å². The quantitative estimate of drug-likeness (QED) is 0.822. The van der Waals surface area contributed by atoms with Gasteiger partial charge in [-0.3, -0.25) is 9.69 Å². The van der Waals surface area contributed by atoms with Gasteiger partial charge in [-0.2, -0.15) is 0 Å². The first-order valence-electron chi connectivity index (χ1n) is 6.90. The number of carbonyl (C=O) groups excluding carboxylic acids is 1. The van der Waals surface area contributed by atoms with Crippen LogP contribution in [0.5, 0.6) is 0 Å². The normalized spacial score (nSPS) is 17.5. The van der Waals surface area contributed by atoms with E-state index in [1.54, 1.807) is 11.3 Å². The summed E-state index contributed by atoms with van der Waals surface area (Å²) < 4.78 is 0. The lowest BCUT2D eigenvalue weighted by Crippen LogP contribution is -2.42. The Kier molecular flexibility index (Phi) is 5.82. The summed E-state index contributed by atoms with van der Waals surface area (Å²) in [5, 5.41) is 14.1. The van der Waals surface area contributed by atoms with Gasteiger partial charge in [-0.15, -0.1) is 11.3 Å². The van der Waals surface area contributed by atoms with Crippen molar-refractivity contribution in [2.75, 3.05) is 32.8 Å². The second-order valence-electron chi connectivity index (χ2n) is 5.08. The molecule has 2 rings (SSSR count). The average Bonchev–Trinajstić information content (AvgIpc) is 2.93. The van der Waals surface area contributed by atoms with Crippen molar-refractivity contribution in [2.24, 2.45) is 5.92 Å². The number of amides is 1. The van der Waals surface area contributed by atoms with Crippen LogP contribution < -0.4 is 5.32 Å². The predicted molar refractivity (Wildman–Crippen MR) is 77.3 cm³/mol. The molecule has 1 aromatic rings. The fourth-order valence-corrected chi connectivity index (χ4v) is 3.08. The van der Waals surface area contributed by atoms with Crippen LogP contribution in [-0.4, -0.2) is 48.7 Å². The highest BCUT2D eigenvalue weighted by Gasteiger charge is 2.19. The molecule has 0 saturated carbocycles. The molecule has 2 heterocycles. The van der Waals surface area contributed by atoms with Gasteiger partial charge in [0.1, 0.15) is 0 Å². The van der Waals surface area contributed by atoms with E-state index in [9.17, 15) is 4.79 Å². The molecule has 0 atom stereocenters. The molecule has 4 nitrogen and oxygen atoms in total. The molecule has 0 radical (unpaired) electrons. The van der Waals surface area contributed by atoms with Crippen LogP contribution in [-0.2, 0) is 11.2 Å². The van der Waals surface area contributed by atoms with Gasteiger partial charge in [0.25, 0.3) is 0 Å². The van der Waals surface area contributed by atoms with Crippen molar-refractivity contribution < 1.29 is 9.90 Å². The van der Waals surface area contributed by atoms with Gasteiger partial charge in [0.15, 0.2) is 0 Å². The summed E-state index contributed by atoms with van der Waals surface area (Å²) in [5.74, 6) is 0.539. The summed E-state index contributed by atoms with van der Waals surface area (Å²) >= 11 is 1.73. The molecule has 5 heteroatoms. The van der Waals surface area contributed by atoms with E-state index in [2.05, 4.69) is 21.7 Å². The van der Waals surface area contributed by atoms with E-state index in [4.69, 9.17) is 5.11 Å². The van der Waals surface area contributed by atoms with Crippen LogP contribution in [0.15, 0.2) is 17.5 Å². The summed E-state index contributed by atoms with van der Waals surface area (Å²) in [6.07, 6.45) is 2.91. The fraction of sp³-hybridized carbons (Fsp3) is 0.643. The number of rotatable bonds is 6. The Morgan fingerprint density at radius 1 is 1.47 bits per heavy atom. The third kappa shape index (κ3) is 4.93. The molecule has 1 aromatic heterocycles. The fourth-order valence-electron chi connectivity index (χ4n) is 2.37. The molecule has 106 valence electrons. The lowest BCUT2D eigenvalue weighted by atomic mass is 9.98. The van der Waals surface area contributed by atoms with Crippen LogP contribution in [0, 0.1) is 5.92 Å². The monoisotopic (exact) mass is 282 g/mol. The molecule has 0 bridgehead atoms. The summed E-state index contributed by atoms with van der Waals surface area (Å²) in [7, 11) is 0. The summed E-state index contributed by atoms with van der Waals surface area (Å²) in [6, 6.07) is 4.13. The molecular formula is C14H22N2O2S. The van der Waals surface area contributed by atoms with Crippen molar-refractivity contribution in [1.29, 1.82) is 0 Å². The number of piperidine rings is 1. The van der Waals surface area contributed by atoms with Crippen LogP contribution >= 0.6 is 11.3 Å². The van der Waals surface area contributed by atoms with Gasteiger partial charge in [-0.1, -0.05) is 6.07 Å². The summed E-state index contributed by atoms with van der Waals surface area (Å²) in [6.45, 7) is 3.32. The van der Waals surface area contributed by atoms with Crippen molar-refractivity contribution in [2.45, 2.75) is 19.3 Å². The SMILES string of the molecule is O=C(CN1CCC(CO)CC1)NCCc1cccs1. The minimum Gasteiger partial charge on any atom is -0.396 e. The van der Waals surface area contributed by atoms with Crippen LogP contribution in [0.3, 0.4) is 0 Å². The van der Waals surface area contributed by atoms with Gasteiger partial charge < -0.3 is 10.4 Å². The molecule has 1 amide bonds. The number of aliphatic hydroxyl groups is 1. The van der Waals surface area contributed by atoms with Crippen molar-refractivity contribution in [3.8, 4) is 0 Å². The highest BCUT2D eigenvalue weighted by molar-refractivity contribution is 7.09. The molecular weight excluding hydrogens is 260 g/mol. The maximum atomic E-state index is 11.8.